The van der Waals surface area contributed by atoms with Gasteiger partial charge in [0.25, 0.3) is 0 Å². The molecule has 0 aliphatic carbocycles. The fourth-order valence-electron chi connectivity index (χ4n) is 4.01. The van der Waals surface area contributed by atoms with Crippen LogP contribution >= 0.6 is 0 Å². The van der Waals surface area contributed by atoms with Crippen LogP contribution in [-0.2, 0) is 16.0 Å². The van der Waals surface area contributed by atoms with Crippen molar-refractivity contribution in [2.75, 3.05) is 26.2 Å². The topological polar surface area (TPSA) is 108 Å². The van der Waals surface area contributed by atoms with Gasteiger partial charge in [0, 0.05) is 44.9 Å². The number of carbonyl (C=O) groups excluding carboxylic acids is 2. The molecule has 2 fully saturated rings. The number of aromatic nitrogens is 3. The molecule has 8 heteroatoms. The Labute approximate surface area is 148 Å². The Hall–Kier alpha value is -1.96. The Morgan fingerprint density at radius 3 is 2.96 bits per heavy atom. The first kappa shape index (κ1) is 17.8. The van der Waals surface area contributed by atoms with Gasteiger partial charge >= 0.3 is 0 Å². The van der Waals surface area contributed by atoms with Crippen molar-refractivity contribution in [2.45, 2.75) is 51.5 Å². The summed E-state index contributed by atoms with van der Waals surface area (Å²) in [6, 6.07) is 0.271. The summed E-state index contributed by atoms with van der Waals surface area (Å²) in [4.78, 5) is 33.0. The van der Waals surface area contributed by atoms with Crippen molar-refractivity contribution in [3.8, 4) is 0 Å². The number of carbonyl (C=O) groups is 2. The second kappa shape index (κ2) is 7.95. The third kappa shape index (κ3) is 4.18. The Balaban J connectivity index is 1.53. The number of nitrogens with zero attached hydrogens (tertiary/aromatic N) is 4. The van der Waals surface area contributed by atoms with Crippen LogP contribution in [0.15, 0.2) is 0 Å². The minimum Gasteiger partial charge on any atom is -0.342 e. The molecule has 3 N–H and O–H groups in total. The zero-order chi connectivity index (χ0) is 17.8. The lowest BCUT2D eigenvalue weighted by Gasteiger charge is -2.47. The van der Waals surface area contributed by atoms with E-state index in [2.05, 4.69) is 15.2 Å². The number of hydrogen-bond acceptors (Lipinski definition) is 5. The zero-order valence-electron chi connectivity index (χ0n) is 14.9. The molecule has 0 saturated carbocycles. The molecule has 0 spiro atoms. The molecule has 3 rings (SSSR count). The van der Waals surface area contributed by atoms with Gasteiger partial charge in [0.15, 0.2) is 5.82 Å². The maximum atomic E-state index is 12.5. The number of aryl methyl sites for hydroxylation is 2. The van der Waals surface area contributed by atoms with Crippen LogP contribution in [0.5, 0.6) is 0 Å². The molecular formula is C17H28N6O2. The van der Waals surface area contributed by atoms with Gasteiger partial charge < -0.3 is 15.5 Å². The van der Waals surface area contributed by atoms with Crippen molar-refractivity contribution in [1.82, 2.24) is 25.0 Å². The normalized spacial score (nSPS) is 23.7. The Morgan fingerprint density at radius 1 is 1.40 bits per heavy atom. The van der Waals surface area contributed by atoms with E-state index in [0.717, 1.165) is 44.7 Å². The van der Waals surface area contributed by atoms with Crippen LogP contribution in [0.2, 0.25) is 0 Å². The molecule has 2 saturated heterocycles. The predicted molar refractivity (Wildman–Crippen MR) is 92.5 cm³/mol. The van der Waals surface area contributed by atoms with Gasteiger partial charge in [-0.05, 0) is 38.6 Å². The number of fused-ring (bicyclic) bond motifs is 1. The molecule has 25 heavy (non-hydrogen) atoms. The first-order valence-corrected chi connectivity index (χ1v) is 9.23. The molecule has 1 aromatic heterocycles. The van der Waals surface area contributed by atoms with Gasteiger partial charge in [0.1, 0.15) is 5.82 Å². The van der Waals surface area contributed by atoms with E-state index in [9.17, 15) is 9.59 Å². The van der Waals surface area contributed by atoms with E-state index in [1.165, 1.54) is 0 Å². The molecule has 0 radical (unpaired) electrons. The maximum Gasteiger partial charge on any atom is 0.223 e. The van der Waals surface area contributed by atoms with Crippen LogP contribution in [-0.4, -0.2) is 69.0 Å². The monoisotopic (exact) mass is 348 g/mol. The highest BCUT2D eigenvalue weighted by molar-refractivity contribution is 5.78. The third-order valence-electron chi connectivity index (χ3n) is 5.31. The lowest BCUT2D eigenvalue weighted by molar-refractivity contribution is -0.144. The molecule has 8 nitrogen and oxygen atoms in total. The number of likely N-dealkylation sites (tertiary alicyclic amines) is 2. The number of H-pyrrole nitrogens is 1. The molecule has 138 valence electrons. The van der Waals surface area contributed by atoms with Gasteiger partial charge in [-0.1, -0.05) is 0 Å². The van der Waals surface area contributed by atoms with Crippen LogP contribution in [0.1, 0.15) is 43.8 Å². The Bertz CT molecular complexity index is 616. The number of hydrogen-bond donors (Lipinski definition) is 2. The van der Waals surface area contributed by atoms with Gasteiger partial charge in [0.05, 0.1) is 0 Å². The van der Waals surface area contributed by atoms with Crippen LogP contribution < -0.4 is 5.73 Å². The van der Waals surface area contributed by atoms with Gasteiger partial charge in [-0.2, -0.15) is 5.10 Å². The maximum absolute atomic E-state index is 12.5. The number of nitrogens with one attached hydrogen (secondary N) is 1. The van der Waals surface area contributed by atoms with Gasteiger partial charge in [-0.15, -0.1) is 0 Å². The van der Waals surface area contributed by atoms with E-state index in [1.807, 2.05) is 16.7 Å². The van der Waals surface area contributed by atoms with E-state index < -0.39 is 0 Å². The average molecular weight is 348 g/mol. The molecule has 0 bridgehead atoms. The fraction of sp³-hybridized carbons (Fsp3) is 0.765. The summed E-state index contributed by atoms with van der Waals surface area (Å²) in [5.74, 6) is 2.25. The second-order valence-electron chi connectivity index (χ2n) is 7.06. The van der Waals surface area contributed by atoms with Crippen molar-refractivity contribution in [3.63, 3.8) is 0 Å². The fourth-order valence-corrected chi connectivity index (χ4v) is 4.01. The summed E-state index contributed by atoms with van der Waals surface area (Å²) in [6.45, 7) is 4.67. The molecule has 0 aromatic carbocycles. The summed E-state index contributed by atoms with van der Waals surface area (Å²) in [7, 11) is 0. The van der Waals surface area contributed by atoms with Crippen molar-refractivity contribution >= 4 is 11.8 Å². The van der Waals surface area contributed by atoms with Crippen LogP contribution in [0.4, 0.5) is 0 Å². The highest BCUT2D eigenvalue weighted by Crippen LogP contribution is 2.31. The zero-order valence-corrected chi connectivity index (χ0v) is 14.9. The summed E-state index contributed by atoms with van der Waals surface area (Å²) in [6.07, 6.45) is 4.18. The minimum atomic E-state index is 0.159. The molecule has 0 unspecified atom stereocenters. The van der Waals surface area contributed by atoms with E-state index >= 15 is 0 Å². The summed E-state index contributed by atoms with van der Waals surface area (Å²) < 4.78 is 0. The van der Waals surface area contributed by atoms with Gasteiger partial charge in [-0.25, -0.2) is 4.98 Å². The number of piperidine rings is 2. The Kier molecular flexibility index (Phi) is 5.67. The van der Waals surface area contributed by atoms with Crippen LogP contribution in [0, 0.1) is 12.8 Å². The first-order valence-electron chi connectivity index (χ1n) is 9.23. The SMILES string of the molecule is Cc1nc(CCC(=O)N2CC[C@@H]3[C@@H](CCC(=O)N3CCCN)C2)n[nH]1. The quantitative estimate of drug-likeness (QED) is 0.765. The summed E-state index contributed by atoms with van der Waals surface area (Å²) >= 11 is 0. The largest absolute Gasteiger partial charge is 0.342 e. The molecule has 2 aliphatic rings. The van der Waals surface area contributed by atoms with E-state index in [1.54, 1.807) is 0 Å². The highest BCUT2D eigenvalue weighted by atomic mass is 16.2. The molecule has 2 atom stereocenters. The van der Waals surface area contributed by atoms with E-state index in [0.29, 0.717) is 37.5 Å². The lowest BCUT2D eigenvalue weighted by atomic mass is 9.83. The summed E-state index contributed by atoms with van der Waals surface area (Å²) in [5.41, 5.74) is 5.60. The van der Waals surface area contributed by atoms with Gasteiger partial charge in [-0.3, -0.25) is 14.7 Å². The van der Waals surface area contributed by atoms with Gasteiger partial charge in [0.2, 0.25) is 11.8 Å². The van der Waals surface area contributed by atoms with E-state index in [-0.39, 0.29) is 17.9 Å². The van der Waals surface area contributed by atoms with Crippen LogP contribution in [0.3, 0.4) is 0 Å². The highest BCUT2D eigenvalue weighted by Gasteiger charge is 2.39. The number of nitrogens with two attached hydrogens (primary N) is 1. The second-order valence-corrected chi connectivity index (χ2v) is 7.06. The number of amides is 2. The third-order valence-corrected chi connectivity index (χ3v) is 5.31. The molecule has 1 aromatic rings. The first-order chi connectivity index (χ1) is 12.1. The number of rotatable bonds is 6. The number of aromatic amines is 1. The summed E-state index contributed by atoms with van der Waals surface area (Å²) in [5, 5.41) is 6.89. The van der Waals surface area contributed by atoms with Crippen molar-refractivity contribution in [3.05, 3.63) is 11.6 Å². The average Bonchev–Trinajstić information content (AvgIpc) is 3.04. The molecule has 2 aliphatic heterocycles. The standard InChI is InChI=1S/C17H28N6O2/c1-12-19-15(21-20-12)4-6-16(24)22-10-7-14-13(11-22)3-5-17(25)23(14)9-2-8-18/h13-14H,2-11,18H2,1H3,(H,19,20,21)/t13-,14+/m0/s1. The smallest absolute Gasteiger partial charge is 0.223 e. The van der Waals surface area contributed by atoms with Crippen molar-refractivity contribution < 1.29 is 9.59 Å². The van der Waals surface area contributed by atoms with Crippen molar-refractivity contribution in [2.24, 2.45) is 11.7 Å². The van der Waals surface area contributed by atoms with Crippen LogP contribution in [0.25, 0.3) is 0 Å². The molecule has 3 heterocycles. The van der Waals surface area contributed by atoms with Crippen molar-refractivity contribution in [1.29, 1.82) is 0 Å². The van der Waals surface area contributed by atoms with E-state index in [4.69, 9.17) is 5.73 Å². The predicted octanol–water partition coefficient (Wildman–Crippen LogP) is 0.234. The molecular weight excluding hydrogens is 320 g/mol. The Morgan fingerprint density at radius 2 is 2.24 bits per heavy atom. The lowest BCUT2D eigenvalue weighted by Crippen LogP contribution is -2.57. The molecule has 2 amide bonds. The minimum absolute atomic E-state index is 0.159.